The Hall–Kier alpha value is -2.55. The predicted octanol–water partition coefficient (Wildman–Crippen LogP) is 3.68. The maximum atomic E-state index is 11.8. The standard InChI is InChI=1S/C17H14O3/c1-12-9-14(20-11-13-5-3-2-4-6-13)10-16-17(12)15(18)7-8-19-16/h2-10H,11H2,1H3. The van der Waals surface area contributed by atoms with Crippen LogP contribution in [0.15, 0.2) is 64.0 Å². The fraction of sp³-hybridized carbons (Fsp3) is 0.118. The van der Waals surface area contributed by atoms with Crippen molar-refractivity contribution in [2.75, 3.05) is 0 Å². The monoisotopic (exact) mass is 266 g/mol. The zero-order valence-electron chi connectivity index (χ0n) is 11.1. The molecule has 0 saturated heterocycles. The molecule has 0 fully saturated rings. The molecule has 0 bridgehead atoms. The Morgan fingerprint density at radius 2 is 1.90 bits per heavy atom. The van der Waals surface area contributed by atoms with Crippen LogP contribution in [0.3, 0.4) is 0 Å². The molecule has 0 unspecified atom stereocenters. The lowest BCUT2D eigenvalue weighted by Crippen LogP contribution is -2.01. The summed E-state index contributed by atoms with van der Waals surface area (Å²) in [5.74, 6) is 0.702. The summed E-state index contributed by atoms with van der Waals surface area (Å²) in [6, 6.07) is 15.0. The molecular weight excluding hydrogens is 252 g/mol. The highest BCUT2D eigenvalue weighted by Gasteiger charge is 2.07. The van der Waals surface area contributed by atoms with Crippen molar-refractivity contribution in [1.29, 1.82) is 0 Å². The summed E-state index contributed by atoms with van der Waals surface area (Å²) in [4.78, 5) is 11.8. The van der Waals surface area contributed by atoms with Crippen molar-refractivity contribution in [2.24, 2.45) is 0 Å². The molecule has 1 heterocycles. The molecule has 0 N–H and O–H groups in total. The van der Waals surface area contributed by atoms with Crippen LogP contribution in [0, 0.1) is 6.92 Å². The molecule has 0 amide bonds. The van der Waals surface area contributed by atoms with Crippen molar-refractivity contribution in [1.82, 2.24) is 0 Å². The molecule has 0 radical (unpaired) electrons. The Morgan fingerprint density at radius 1 is 1.10 bits per heavy atom. The molecule has 0 saturated carbocycles. The van der Waals surface area contributed by atoms with Crippen LogP contribution in [0.5, 0.6) is 5.75 Å². The van der Waals surface area contributed by atoms with Crippen LogP contribution in [0.4, 0.5) is 0 Å². The third-order valence-corrected chi connectivity index (χ3v) is 3.18. The van der Waals surface area contributed by atoms with E-state index in [0.717, 1.165) is 11.1 Å². The van der Waals surface area contributed by atoms with Crippen molar-refractivity contribution in [3.63, 3.8) is 0 Å². The van der Waals surface area contributed by atoms with Gasteiger partial charge in [-0.2, -0.15) is 0 Å². The van der Waals surface area contributed by atoms with E-state index in [-0.39, 0.29) is 5.43 Å². The Kier molecular flexibility index (Phi) is 3.25. The molecule has 0 aliphatic rings. The van der Waals surface area contributed by atoms with Crippen LogP contribution >= 0.6 is 0 Å². The largest absolute Gasteiger partial charge is 0.489 e. The molecule has 0 aliphatic heterocycles. The number of ether oxygens (including phenoxy) is 1. The molecule has 3 nitrogen and oxygen atoms in total. The van der Waals surface area contributed by atoms with E-state index in [0.29, 0.717) is 23.3 Å². The van der Waals surface area contributed by atoms with Gasteiger partial charge >= 0.3 is 0 Å². The van der Waals surface area contributed by atoms with Gasteiger partial charge in [-0.3, -0.25) is 4.79 Å². The molecule has 100 valence electrons. The zero-order chi connectivity index (χ0) is 13.9. The van der Waals surface area contributed by atoms with E-state index in [9.17, 15) is 4.79 Å². The number of benzene rings is 2. The molecule has 0 aliphatic carbocycles. The predicted molar refractivity (Wildman–Crippen MR) is 78.0 cm³/mol. The van der Waals surface area contributed by atoms with Crippen molar-refractivity contribution >= 4 is 11.0 Å². The van der Waals surface area contributed by atoms with E-state index in [2.05, 4.69) is 0 Å². The molecule has 3 rings (SSSR count). The van der Waals surface area contributed by atoms with E-state index in [1.165, 1.54) is 12.3 Å². The minimum absolute atomic E-state index is 0.0293. The normalized spacial score (nSPS) is 10.7. The van der Waals surface area contributed by atoms with Gasteiger partial charge in [-0.1, -0.05) is 30.3 Å². The van der Waals surface area contributed by atoms with Crippen molar-refractivity contribution < 1.29 is 9.15 Å². The highest BCUT2D eigenvalue weighted by atomic mass is 16.5. The number of rotatable bonds is 3. The average Bonchev–Trinajstić information content (AvgIpc) is 2.46. The Morgan fingerprint density at radius 3 is 2.70 bits per heavy atom. The van der Waals surface area contributed by atoms with Gasteiger partial charge in [0, 0.05) is 12.1 Å². The summed E-state index contributed by atoms with van der Waals surface area (Å²) < 4.78 is 11.1. The van der Waals surface area contributed by atoms with Crippen LogP contribution < -0.4 is 10.2 Å². The van der Waals surface area contributed by atoms with Crippen molar-refractivity contribution in [3.8, 4) is 5.75 Å². The van der Waals surface area contributed by atoms with E-state index >= 15 is 0 Å². The number of hydrogen-bond acceptors (Lipinski definition) is 3. The second-order valence-corrected chi connectivity index (χ2v) is 4.67. The zero-order valence-corrected chi connectivity index (χ0v) is 11.1. The first-order chi connectivity index (χ1) is 9.74. The van der Waals surface area contributed by atoms with Gasteiger partial charge in [0.15, 0.2) is 5.43 Å². The third-order valence-electron chi connectivity index (χ3n) is 3.18. The summed E-state index contributed by atoms with van der Waals surface area (Å²) in [7, 11) is 0. The molecular formula is C17H14O3. The number of hydrogen-bond donors (Lipinski definition) is 0. The van der Waals surface area contributed by atoms with Gasteiger partial charge in [-0.25, -0.2) is 0 Å². The fourth-order valence-corrected chi connectivity index (χ4v) is 2.21. The molecule has 3 heteroatoms. The van der Waals surface area contributed by atoms with E-state index in [1.807, 2.05) is 43.3 Å². The molecule has 2 aromatic carbocycles. The maximum absolute atomic E-state index is 11.8. The summed E-state index contributed by atoms with van der Waals surface area (Å²) in [5.41, 5.74) is 2.48. The Bertz CT molecular complexity index is 788. The first-order valence-corrected chi connectivity index (χ1v) is 6.43. The molecule has 0 atom stereocenters. The minimum Gasteiger partial charge on any atom is -0.489 e. The van der Waals surface area contributed by atoms with Gasteiger partial charge < -0.3 is 9.15 Å². The Balaban J connectivity index is 1.92. The van der Waals surface area contributed by atoms with Gasteiger partial charge in [-0.15, -0.1) is 0 Å². The second kappa shape index (κ2) is 5.21. The highest BCUT2D eigenvalue weighted by Crippen LogP contribution is 2.23. The summed E-state index contributed by atoms with van der Waals surface area (Å²) >= 11 is 0. The van der Waals surface area contributed by atoms with Crippen molar-refractivity contribution in [2.45, 2.75) is 13.5 Å². The summed E-state index contributed by atoms with van der Waals surface area (Å²) in [6.07, 6.45) is 1.41. The smallest absolute Gasteiger partial charge is 0.192 e. The van der Waals surface area contributed by atoms with Gasteiger partial charge in [0.2, 0.25) is 0 Å². The second-order valence-electron chi connectivity index (χ2n) is 4.67. The number of aryl methyl sites for hydroxylation is 1. The highest BCUT2D eigenvalue weighted by molar-refractivity contribution is 5.81. The van der Waals surface area contributed by atoms with E-state index in [4.69, 9.17) is 9.15 Å². The summed E-state index contributed by atoms with van der Waals surface area (Å²) in [6.45, 7) is 2.37. The summed E-state index contributed by atoms with van der Waals surface area (Å²) in [5, 5.41) is 0.611. The topological polar surface area (TPSA) is 39.4 Å². The molecule has 0 spiro atoms. The third kappa shape index (κ3) is 2.43. The maximum Gasteiger partial charge on any atom is 0.192 e. The van der Waals surface area contributed by atoms with Crippen LogP contribution in [-0.2, 0) is 6.61 Å². The lowest BCUT2D eigenvalue weighted by Gasteiger charge is -2.08. The van der Waals surface area contributed by atoms with Gasteiger partial charge in [0.1, 0.15) is 17.9 Å². The molecule has 1 aromatic heterocycles. The lowest BCUT2D eigenvalue weighted by molar-refractivity contribution is 0.306. The molecule has 3 aromatic rings. The fourth-order valence-electron chi connectivity index (χ4n) is 2.21. The quantitative estimate of drug-likeness (QED) is 0.726. The first-order valence-electron chi connectivity index (χ1n) is 6.43. The lowest BCUT2D eigenvalue weighted by atomic mass is 10.1. The van der Waals surface area contributed by atoms with Gasteiger partial charge in [0.05, 0.1) is 11.6 Å². The van der Waals surface area contributed by atoms with Crippen LogP contribution in [-0.4, -0.2) is 0 Å². The van der Waals surface area contributed by atoms with Crippen molar-refractivity contribution in [3.05, 3.63) is 76.1 Å². The van der Waals surface area contributed by atoms with E-state index in [1.54, 1.807) is 6.07 Å². The van der Waals surface area contributed by atoms with Crippen LogP contribution in [0.2, 0.25) is 0 Å². The Labute approximate surface area is 116 Å². The SMILES string of the molecule is Cc1cc(OCc2ccccc2)cc2occc(=O)c12. The minimum atomic E-state index is -0.0293. The van der Waals surface area contributed by atoms with Crippen LogP contribution in [0.25, 0.3) is 11.0 Å². The van der Waals surface area contributed by atoms with E-state index < -0.39 is 0 Å². The van der Waals surface area contributed by atoms with Gasteiger partial charge in [0.25, 0.3) is 0 Å². The molecule has 20 heavy (non-hydrogen) atoms. The first kappa shape index (κ1) is 12.5. The van der Waals surface area contributed by atoms with Gasteiger partial charge in [-0.05, 0) is 24.1 Å². The average molecular weight is 266 g/mol. The van der Waals surface area contributed by atoms with Crippen LogP contribution in [0.1, 0.15) is 11.1 Å². The number of fused-ring (bicyclic) bond motifs is 1.